The number of aromatic nitrogens is 1. The van der Waals surface area contributed by atoms with E-state index in [1.807, 2.05) is 18.3 Å². The molecule has 0 spiro atoms. The zero-order valence-corrected chi connectivity index (χ0v) is 7.99. The van der Waals surface area contributed by atoms with Crippen LogP contribution in [0.15, 0.2) is 18.3 Å². The van der Waals surface area contributed by atoms with Crippen LogP contribution in [0.4, 0.5) is 0 Å². The van der Waals surface area contributed by atoms with E-state index in [-0.39, 0.29) is 0 Å². The fourth-order valence-electron chi connectivity index (χ4n) is 1.39. The summed E-state index contributed by atoms with van der Waals surface area (Å²) in [7, 11) is 0. The summed E-state index contributed by atoms with van der Waals surface area (Å²) in [5, 5.41) is 0. The highest BCUT2D eigenvalue weighted by Gasteiger charge is 2.19. The third kappa shape index (κ3) is 2.00. The minimum atomic E-state index is 0.430. The van der Waals surface area contributed by atoms with Gasteiger partial charge >= 0.3 is 0 Å². The van der Waals surface area contributed by atoms with Gasteiger partial charge in [-0.1, -0.05) is 6.92 Å². The van der Waals surface area contributed by atoms with Gasteiger partial charge in [0.05, 0.1) is 0 Å². The molecule has 70 valence electrons. The van der Waals surface area contributed by atoms with Crippen LogP contribution < -0.4 is 4.74 Å². The third-order valence-corrected chi connectivity index (χ3v) is 2.55. The number of hydrogen-bond donors (Lipinski definition) is 0. The Hall–Kier alpha value is -1.05. The maximum absolute atomic E-state index is 5.68. The Labute approximate surface area is 78.9 Å². The van der Waals surface area contributed by atoms with Crippen molar-refractivity contribution in [2.75, 3.05) is 0 Å². The fraction of sp³-hybridized carbons (Fsp3) is 0.545. The molecule has 1 aliphatic rings. The fourth-order valence-corrected chi connectivity index (χ4v) is 1.39. The maximum Gasteiger partial charge on any atom is 0.213 e. The van der Waals surface area contributed by atoms with Crippen molar-refractivity contribution < 1.29 is 4.74 Å². The molecule has 1 heterocycles. The molecule has 0 amide bonds. The predicted molar refractivity (Wildman–Crippen MR) is 51.9 cm³/mol. The van der Waals surface area contributed by atoms with Crippen LogP contribution >= 0.6 is 0 Å². The van der Waals surface area contributed by atoms with E-state index in [1.165, 1.54) is 24.8 Å². The van der Waals surface area contributed by atoms with Gasteiger partial charge in [-0.3, -0.25) is 0 Å². The number of ether oxygens (including phenoxy) is 1. The predicted octanol–water partition coefficient (Wildman–Crippen LogP) is 2.58. The summed E-state index contributed by atoms with van der Waals surface area (Å²) in [5.74, 6) is 0.795. The second-order valence-electron chi connectivity index (χ2n) is 3.53. The van der Waals surface area contributed by atoms with E-state index in [4.69, 9.17) is 4.74 Å². The Bertz CT molecular complexity index is 281. The standard InChI is InChI=1S/C11H15NO/c1-2-9-6-7-12-11(8-9)13-10-4-3-5-10/h6-8,10H,2-5H2,1H3. The summed E-state index contributed by atoms with van der Waals surface area (Å²) in [6.45, 7) is 2.14. The van der Waals surface area contributed by atoms with Gasteiger partial charge in [0.1, 0.15) is 6.10 Å². The van der Waals surface area contributed by atoms with Crippen molar-refractivity contribution in [3.05, 3.63) is 23.9 Å². The van der Waals surface area contributed by atoms with E-state index in [9.17, 15) is 0 Å². The molecular weight excluding hydrogens is 162 g/mol. The van der Waals surface area contributed by atoms with E-state index in [1.54, 1.807) is 0 Å². The summed E-state index contributed by atoms with van der Waals surface area (Å²) in [6.07, 6.45) is 6.99. The maximum atomic E-state index is 5.68. The van der Waals surface area contributed by atoms with Gasteiger partial charge in [0.2, 0.25) is 5.88 Å². The molecule has 0 N–H and O–H groups in total. The van der Waals surface area contributed by atoms with Gasteiger partial charge in [-0.15, -0.1) is 0 Å². The number of nitrogens with zero attached hydrogens (tertiary/aromatic N) is 1. The molecule has 2 heteroatoms. The van der Waals surface area contributed by atoms with Crippen molar-refractivity contribution in [1.82, 2.24) is 4.98 Å². The van der Waals surface area contributed by atoms with Gasteiger partial charge in [0.25, 0.3) is 0 Å². The van der Waals surface area contributed by atoms with Crippen molar-refractivity contribution in [3.63, 3.8) is 0 Å². The van der Waals surface area contributed by atoms with Crippen molar-refractivity contribution >= 4 is 0 Å². The molecule has 0 aliphatic heterocycles. The molecule has 2 rings (SSSR count). The highest BCUT2D eigenvalue weighted by atomic mass is 16.5. The smallest absolute Gasteiger partial charge is 0.213 e. The molecule has 13 heavy (non-hydrogen) atoms. The van der Waals surface area contributed by atoms with Crippen LogP contribution in [0.3, 0.4) is 0 Å². The Balaban J connectivity index is 2.01. The van der Waals surface area contributed by atoms with Crippen molar-refractivity contribution in [2.45, 2.75) is 38.7 Å². The average Bonchev–Trinajstić information content (AvgIpc) is 2.12. The first kappa shape index (κ1) is 8.54. The Morgan fingerprint density at radius 3 is 3.00 bits per heavy atom. The Morgan fingerprint density at radius 2 is 2.38 bits per heavy atom. The summed E-state index contributed by atoms with van der Waals surface area (Å²) in [5.41, 5.74) is 1.30. The quantitative estimate of drug-likeness (QED) is 0.708. The van der Waals surface area contributed by atoms with Crippen LogP contribution in [-0.2, 0) is 6.42 Å². The van der Waals surface area contributed by atoms with E-state index in [2.05, 4.69) is 11.9 Å². The summed E-state index contributed by atoms with van der Waals surface area (Å²) >= 11 is 0. The van der Waals surface area contributed by atoms with E-state index in [0.717, 1.165) is 12.3 Å². The van der Waals surface area contributed by atoms with Crippen LogP contribution in [0.5, 0.6) is 5.88 Å². The first-order valence-electron chi connectivity index (χ1n) is 5.00. The van der Waals surface area contributed by atoms with Gasteiger partial charge in [0.15, 0.2) is 0 Å². The number of rotatable bonds is 3. The van der Waals surface area contributed by atoms with E-state index < -0.39 is 0 Å². The molecule has 1 aromatic heterocycles. The van der Waals surface area contributed by atoms with Crippen molar-refractivity contribution in [2.24, 2.45) is 0 Å². The monoisotopic (exact) mass is 177 g/mol. The molecule has 2 nitrogen and oxygen atoms in total. The van der Waals surface area contributed by atoms with Crippen LogP contribution in [0, 0.1) is 0 Å². The normalized spacial score (nSPS) is 16.7. The molecule has 0 aromatic carbocycles. The SMILES string of the molecule is CCc1ccnc(OC2CCC2)c1. The molecule has 0 unspecified atom stereocenters. The molecule has 0 radical (unpaired) electrons. The highest BCUT2D eigenvalue weighted by molar-refractivity contribution is 5.20. The van der Waals surface area contributed by atoms with Crippen molar-refractivity contribution in [3.8, 4) is 5.88 Å². The summed E-state index contributed by atoms with van der Waals surface area (Å²) in [6, 6.07) is 4.08. The molecule has 1 saturated carbocycles. The molecule has 0 atom stereocenters. The topological polar surface area (TPSA) is 22.1 Å². The molecule has 0 saturated heterocycles. The lowest BCUT2D eigenvalue weighted by Gasteiger charge is -2.25. The van der Waals surface area contributed by atoms with Gasteiger partial charge in [-0.2, -0.15) is 0 Å². The minimum absolute atomic E-state index is 0.430. The molecule has 1 aliphatic carbocycles. The second-order valence-corrected chi connectivity index (χ2v) is 3.53. The van der Waals surface area contributed by atoms with E-state index in [0.29, 0.717) is 6.10 Å². The summed E-state index contributed by atoms with van der Waals surface area (Å²) in [4.78, 5) is 4.19. The third-order valence-electron chi connectivity index (χ3n) is 2.55. The summed E-state index contributed by atoms with van der Waals surface area (Å²) < 4.78 is 5.68. The van der Waals surface area contributed by atoms with Crippen LogP contribution in [0.25, 0.3) is 0 Å². The molecular formula is C11H15NO. The van der Waals surface area contributed by atoms with Crippen LogP contribution in [0.2, 0.25) is 0 Å². The van der Waals surface area contributed by atoms with Crippen LogP contribution in [-0.4, -0.2) is 11.1 Å². The number of hydrogen-bond acceptors (Lipinski definition) is 2. The highest BCUT2D eigenvalue weighted by Crippen LogP contribution is 2.24. The van der Waals surface area contributed by atoms with Crippen molar-refractivity contribution in [1.29, 1.82) is 0 Å². The Morgan fingerprint density at radius 1 is 1.54 bits per heavy atom. The largest absolute Gasteiger partial charge is 0.474 e. The van der Waals surface area contributed by atoms with Gasteiger partial charge in [-0.05, 0) is 37.3 Å². The van der Waals surface area contributed by atoms with Crippen LogP contribution in [0.1, 0.15) is 31.7 Å². The lowest BCUT2D eigenvalue weighted by atomic mass is 9.96. The lowest BCUT2D eigenvalue weighted by Crippen LogP contribution is -2.24. The zero-order chi connectivity index (χ0) is 9.10. The first-order valence-corrected chi connectivity index (χ1v) is 5.00. The van der Waals surface area contributed by atoms with Gasteiger partial charge < -0.3 is 4.74 Å². The van der Waals surface area contributed by atoms with Gasteiger partial charge in [-0.25, -0.2) is 4.98 Å². The number of pyridine rings is 1. The molecule has 0 bridgehead atoms. The van der Waals surface area contributed by atoms with Gasteiger partial charge in [0, 0.05) is 12.3 Å². The second kappa shape index (κ2) is 3.77. The van der Waals surface area contributed by atoms with E-state index >= 15 is 0 Å². The molecule has 1 fully saturated rings. The minimum Gasteiger partial charge on any atom is -0.474 e. The number of aryl methyl sites for hydroxylation is 1. The molecule has 1 aromatic rings. The first-order chi connectivity index (χ1) is 6.38. The zero-order valence-electron chi connectivity index (χ0n) is 7.99. The lowest BCUT2D eigenvalue weighted by molar-refractivity contribution is 0.114. The average molecular weight is 177 g/mol. The Kier molecular flexibility index (Phi) is 2.48.